The molecule has 0 spiro atoms. The lowest BCUT2D eigenvalue weighted by Crippen LogP contribution is -2.18. The Morgan fingerprint density at radius 3 is 2.95 bits per heavy atom. The van der Waals surface area contributed by atoms with E-state index in [2.05, 4.69) is 22.0 Å². The molecule has 0 fully saturated rings. The number of nitrogens with zero attached hydrogens (tertiary/aromatic N) is 4. The first kappa shape index (κ1) is 15.2. The third-order valence-electron chi connectivity index (χ3n) is 3.48. The Labute approximate surface area is 123 Å². The summed E-state index contributed by atoms with van der Waals surface area (Å²) in [5.74, 6) is -0.108. The summed E-state index contributed by atoms with van der Waals surface area (Å²) in [7, 11) is 1.40. The van der Waals surface area contributed by atoms with Gasteiger partial charge >= 0.3 is 5.97 Å². The van der Waals surface area contributed by atoms with Gasteiger partial charge in [0, 0.05) is 6.20 Å². The van der Waals surface area contributed by atoms with E-state index in [4.69, 9.17) is 10.5 Å². The molecule has 7 heteroatoms. The number of unbranched alkanes of at least 4 members (excludes halogenated alkanes) is 3. The molecule has 0 aliphatic heterocycles. The van der Waals surface area contributed by atoms with Crippen molar-refractivity contribution in [1.29, 1.82) is 0 Å². The van der Waals surface area contributed by atoms with Gasteiger partial charge in [-0.15, -0.1) is 5.10 Å². The molecule has 114 valence electrons. The molecule has 0 amide bonds. The highest BCUT2D eigenvalue weighted by molar-refractivity contribution is 5.77. The molecule has 7 nitrogen and oxygen atoms in total. The fourth-order valence-corrected chi connectivity index (χ4v) is 2.39. The van der Waals surface area contributed by atoms with Crippen molar-refractivity contribution in [2.75, 3.05) is 12.8 Å². The second kappa shape index (κ2) is 7.01. The number of nitrogens with two attached hydrogens (primary N) is 1. The fourth-order valence-electron chi connectivity index (χ4n) is 2.39. The van der Waals surface area contributed by atoms with Crippen LogP contribution >= 0.6 is 0 Å². The summed E-state index contributed by atoms with van der Waals surface area (Å²) in [4.78, 5) is 20.2. The first-order chi connectivity index (χ1) is 10.2. The van der Waals surface area contributed by atoms with Gasteiger partial charge in [-0.3, -0.25) is 4.79 Å². The summed E-state index contributed by atoms with van der Waals surface area (Å²) in [5, 5.41) is 4.11. The van der Waals surface area contributed by atoms with Crippen LogP contribution in [0.1, 0.15) is 50.6 Å². The monoisotopic (exact) mass is 291 g/mol. The topological polar surface area (TPSA) is 95.4 Å². The zero-order valence-corrected chi connectivity index (χ0v) is 12.5. The molecule has 2 heterocycles. The maximum Gasteiger partial charge on any atom is 0.314 e. The quantitative estimate of drug-likeness (QED) is 0.618. The van der Waals surface area contributed by atoms with Crippen LogP contribution in [0, 0.1) is 0 Å². The maximum absolute atomic E-state index is 12.1. The Balaban J connectivity index is 2.27. The largest absolute Gasteiger partial charge is 0.469 e. The molecule has 0 aliphatic carbocycles. The van der Waals surface area contributed by atoms with Crippen LogP contribution in [0.3, 0.4) is 0 Å². The zero-order valence-electron chi connectivity index (χ0n) is 12.5. The van der Waals surface area contributed by atoms with Crippen LogP contribution in [0.5, 0.6) is 0 Å². The molecule has 0 aromatic carbocycles. The highest BCUT2D eigenvalue weighted by Crippen LogP contribution is 2.24. The highest BCUT2D eigenvalue weighted by Gasteiger charge is 2.24. The summed E-state index contributed by atoms with van der Waals surface area (Å²) in [6.45, 7) is 2.16. The predicted molar refractivity (Wildman–Crippen MR) is 78.7 cm³/mol. The number of nitrogen functional groups attached to an aromatic ring is 1. The Kier molecular flexibility index (Phi) is 5.08. The van der Waals surface area contributed by atoms with Gasteiger partial charge in [-0.1, -0.05) is 32.6 Å². The van der Waals surface area contributed by atoms with Crippen LogP contribution in [0.4, 0.5) is 5.95 Å². The minimum Gasteiger partial charge on any atom is -0.469 e. The summed E-state index contributed by atoms with van der Waals surface area (Å²) >= 11 is 0. The molecule has 2 aromatic rings. The number of methoxy groups -OCH3 is 1. The number of fused-ring (bicyclic) bond motifs is 1. The SMILES string of the molecule is CCCCCC[C@@H](C(=O)OC)c1ccnc2nc(N)nn12. The molecule has 2 rings (SSSR count). The van der Waals surface area contributed by atoms with E-state index in [9.17, 15) is 4.79 Å². The lowest BCUT2D eigenvalue weighted by atomic mass is 9.97. The van der Waals surface area contributed by atoms with Crippen LogP contribution in [0.15, 0.2) is 12.3 Å². The molecule has 2 aromatic heterocycles. The second-order valence-corrected chi connectivity index (χ2v) is 4.98. The predicted octanol–water partition coefficient (Wildman–Crippen LogP) is 1.93. The lowest BCUT2D eigenvalue weighted by Gasteiger charge is -2.15. The number of esters is 1. The number of anilines is 1. The van der Waals surface area contributed by atoms with Crippen LogP contribution in [0.2, 0.25) is 0 Å². The Bertz CT molecular complexity index is 610. The molecule has 21 heavy (non-hydrogen) atoms. The number of rotatable bonds is 7. The van der Waals surface area contributed by atoms with Crippen LogP contribution < -0.4 is 5.73 Å². The molecule has 0 bridgehead atoms. The van der Waals surface area contributed by atoms with Gasteiger partial charge in [0.2, 0.25) is 5.95 Å². The molecular weight excluding hydrogens is 270 g/mol. The van der Waals surface area contributed by atoms with E-state index in [1.807, 2.05) is 0 Å². The van der Waals surface area contributed by atoms with Crippen molar-refractivity contribution in [1.82, 2.24) is 19.6 Å². The van der Waals surface area contributed by atoms with E-state index in [1.165, 1.54) is 11.6 Å². The van der Waals surface area contributed by atoms with E-state index in [0.29, 0.717) is 17.9 Å². The summed E-state index contributed by atoms with van der Waals surface area (Å²) in [5.41, 5.74) is 6.32. The number of hydrogen-bond acceptors (Lipinski definition) is 6. The minimum atomic E-state index is -0.376. The Morgan fingerprint density at radius 2 is 2.24 bits per heavy atom. The van der Waals surface area contributed by atoms with Crippen molar-refractivity contribution in [2.45, 2.75) is 44.9 Å². The molecule has 0 aliphatic rings. The number of carbonyl (C=O) groups is 1. The molecular formula is C14H21N5O2. The van der Waals surface area contributed by atoms with E-state index < -0.39 is 0 Å². The van der Waals surface area contributed by atoms with Crippen molar-refractivity contribution in [3.63, 3.8) is 0 Å². The molecule has 0 saturated carbocycles. The molecule has 0 unspecified atom stereocenters. The van der Waals surface area contributed by atoms with Crippen molar-refractivity contribution in [2.24, 2.45) is 0 Å². The van der Waals surface area contributed by atoms with E-state index in [1.54, 1.807) is 12.3 Å². The number of aromatic nitrogens is 4. The van der Waals surface area contributed by atoms with E-state index in [0.717, 1.165) is 25.7 Å². The average Bonchev–Trinajstić information content (AvgIpc) is 2.87. The first-order valence-electron chi connectivity index (χ1n) is 7.22. The van der Waals surface area contributed by atoms with Crippen molar-refractivity contribution in [3.05, 3.63) is 18.0 Å². The van der Waals surface area contributed by atoms with E-state index >= 15 is 0 Å². The van der Waals surface area contributed by atoms with Crippen molar-refractivity contribution in [3.8, 4) is 0 Å². The average molecular weight is 291 g/mol. The molecule has 1 atom stereocenters. The van der Waals surface area contributed by atoms with Crippen LogP contribution in [-0.2, 0) is 9.53 Å². The van der Waals surface area contributed by atoms with Crippen molar-refractivity contribution < 1.29 is 9.53 Å². The number of hydrogen-bond donors (Lipinski definition) is 1. The summed E-state index contributed by atoms with van der Waals surface area (Å²) < 4.78 is 6.45. The first-order valence-corrected chi connectivity index (χ1v) is 7.22. The normalized spacial score (nSPS) is 12.5. The molecule has 2 N–H and O–H groups in total. The van der Waals surface area contributed by atoms with Crippen LogP contribution in [0.25, 0.3) is 5.78 Å². The third kappa shape index (κ3) is 3.48. The van der Waals surface area contributed by atoms with Crippen LogP contribution in [-0.4, -0.2) is 32.7 Å². The minimum absolute atomic E-state index is 0.143. The van der Waals surface area contributed by atoms with Crippen molar-refractivity contribution >= 4 is 17.7 Å². The molecule has 0 saturated heterocycles. The maximum atomic E-state index is 12.1. The smallest absolute Gasteiger partial charge is 0.314 e. The summed E-state index contributed by atoms with van der Waals surface area (Å²) in [6.07, 6.45) is 6.70. The Hall–Kier alpha value is -2.18. The zero-order chi connectivity index (χ0) is 15.2. The lowest BCUT2D eigenvalue weighted by molar-refractivity contribution is -0.142. The summed E-state index contributed by atoms with van der Waals surface area (Å²) in [6, 6.07) is 1.77. The Morgan fingerprint density at radius 1 is 1.43 bits per heavy atom. The van der Waals surface area contributed by atoms with Gasteiger partial charge in [0.15, 0.2) is 0 Å². The van der Waals surface area contributed by atoms with Gasteiger partial charge in [0.1, 0.15) is 0 Å². The van der Waals surface area contributed by atoms with Gasteiger partial charge in [-0.05, 0) is 12.5 Å². The van der Waals surface area contributed by atoms with Gasteiger partial charge in [0.05, 0.1) is 18.7 Å². The van der Waals surface area contributed by atoms with Gasteiger partial charge in [-0.25, -0.2) is 4.98 Å². The molecule has 0 radical (unpaired) electrons. The fraction of sp³-hybridized carbons (Fsp3) is 0.571. The number of carbonyl (C=O) groups excluding carboxylic acids is 1. The third-order valence-corrected chi connectivity index (χ3v) is 3.48. The highest BCUT2D eigenvalue weighted by atomic mass is 16.5. The van der Waals surface area contributed by atoms with Gasteiger partial charge in [0.25, 0.3) is 5.78 Å². The van der Waals surface area contributed by atoms with E-state index in [-0.39, 0.29) is 17.8 Å². The van der Waals surface area contributed by atoms with Gasteiger partial charge in [-0.2, -0.15) is 9.50 Å². The van der Waals surface area contributed by atoms with Gasteiger partial charge < -0.3 is 10.5 Å². The second-order valence-electron chi connectivity index (χ2n) is 4.98. The standard InChI is InChI=1S/C14H21N5O2/c1-3-4-5-6-7-10(12(20)21-2)11-8-9-16-14-17-13(15)18-19(11)14/h8-10H,3-7H2,1-2H3,(H2,15,18)/t10-/m1/s1. The number of ether oxygens (including phenoxy) is 1.